The van der Waals surface area contributed by atoms with E-state index >= 15 is 0 Å². The van der Waals surface area contributed by atoms with Crippen molar-refractivity contribution in [2.24, 2.45) is 0 Å². The summed E-state index contributed by atoms with van der Waals surface area (Å²) in [6, 6.07) is 13.8. The third-order valence-electron chi connectivity index (χ3n) is 5.41. The number of benzene rings is 2. The maximum absolute atomic E-state index is 13.2. The Hall–Kier alpha value is -2.81. The molecular weight excluding hydrogens is 493 g/mol. The fourth-order valence-corrected chi connectivity index (χ4v) is 5.08. The highest BCUT2D eigenvalue weighted by atomic mass is 35.5. The smallest absolute Gasteiger partial charge is 0.255 e. The molecule has 1 unspecified atom stereocenters. The number of hydrogen-bond donors (Lipinski definition) is 1. The van der Waals surface area contributed by atoms with Crippen LogP contribution in [0.25, 0.3) is 0 Å². The second kappa shape index (κ2) is 11.1. The molecular formula is C24H23Cl2N5O2S. The summed E-state index contributed by atoms with van der Waals surface area (Å²) < 4.78 is 1.91. The average molecular weight is 516 g/mol. The number of amides is 2. The van der Waals surface area contributed by atoms with Crippen molar-refractivity contribution in [3.05, 3.63) is 82.6 Å². The minimum absolute atomic E-state index is 0.128. The summed E-state index contributed by atoms with van der Waals surface area (Å²) in [5, 5.41) is 13.1. The van der Waals surface area contributed by atoms with Crippen molar-refractivity contribution in [3.8, 4) is 0 Å². The molecule has 0 aliphatic carbocycles. The number of carbonyl (C=O) groups excluding carboxylic acids is 2. The van der Waals surface area contributed by atoms with Gasteiger partial charge in [0.05, 0.1) is 22.4 Å². The van der Waals surface area contributed by atoms with Gasteiger partial charge in [0, 0.05) is 23.8 Å². The molecule has 3 aromatic rings. The van der Waals surface area contributed by atoms with E-state index in [1.54, 1.807) is 59.5 Å². The van der Waals surface area contributed by atoms with Crippen molar-refractivity contribution in [1.82, 2.24) is 19.7 Å². The SMILES string of the molecule is C=CCn1c(SCC(=O)Nc2cccc(Cl)c2)nnc1C1CCCN1C(=O)c1ccccc1Cl. The minimum Gasteiger partial charge on any atom is -0.328 e. The molecule has 2 heterocycles. The van der Waals surface area contributed by atoms with E-state index in [4.69, 9.17) is 23.2 Å². The number of nitrogens with zero attached hydrogens (tertiary/aromatic N) is 4. The monoisotopic (exact) mass is 515 g/mol. The molecule has 1 fully saturated rings. The van der Waals surface area contributed by atoms with Gasteiger partial charge in [0.25, 0.3) is 5.91 Å². The standard InChI is InChI=1S/C24H23Cl2N5O2S/c1-2-12-31-22(20-11-6-13-30(20)23(33)18-9-3-4-10-19(18)26)28-29-24(31)34-15-21(32)27-17-8-5-7-16(25)14-17/h2-5,7-10,14,20H,1,6,11-13,15H2,(H,27,32). The van der Waals surface area contributed by atoms with E-state index in [1.807, 2.05) is 4.57 Å². The molecule has 10 heteroatoms. The minimum atomic E-state index is -0.231. The number of carbonyl (C=O) groups is 2. The van der Waals surface area contributed by atoms with Crippen molar-refractivity contribution < 1.29 is 9.59 Å². The topological polar surface area (TPSA) is 80.1 Å². The summed E-state index contributed by atoms with van der Waals surface area (Å²) in [6.07, 6.45) is 3.37. The maximum Gasteiger partial charge on any atom is 0.255 e. The van der Waals surface area contributed by atoms with Crippen LogP contribution in [-0.4, -0.2) is 43.8 Å². The lowest BCUT2D eigenvalue weighted by Gasteiger charge is -2.25. The van der Waals surface area contributed by atoms with Gasteiger partial charge >= 0.3 is 0 Å². The number of allylic oxidation sites excluding steroid dienone is 1. The molecule has 1 N–H and O–H groups in total. The van der Waals surface area contributed by atoms with Crippen molar-refractivity contribution in [2.75, 3.05) is 17.6 Å². The third kappa shape index (κ3) is 5.46. The van der Waals surface area contributed by atoms with Crippen LogP contribution >= 0.6 is 35.0 Å². The fraction of sp³-hybridized carbons (Fsp3) is 0.250. The lowest BCUT2D eigenvalue weighted by Crippen LogP contribution is -2.32. The van der Waals surface area contributed by atoms with Gasteiger partial charge in [0.1, 0.15) is 0 Å². The van der Waals surface area contributed by atoms with E-state index in [2.05, 4.69) is 22.1 Å². The largest absolute Gasteiger partial charge is 0.328 e. The van der Waals surface area contributed by atoms with Crippen LogP contribution in [0.5, 0.6) is 0 Å². The highest BCUT2D eigenvalue weighted by molar-refractivity contribution is 7.99. The molecule has 2 aromatic carbocycles. The number of halogens is 2. The summed E-state index contributed by atoms with van der Waals surface area (Å²) in [7, 11) is 0. The molecule has 4 rings (SSSR count). The van der Waals surface area contributed by atoms with E-state index in [1.165, 1.54) is 11.8 Å². The number of nitrogens with one attached hydrogen (secondary N) is 1. The molecule has 176 valence electrons. The van der Waals surface area contributed by atoms with Crippen LogP contribution in [0.15, 0.2) is 66.3 Å². The Labute approximate surface area is 212 Å². The summed E-state index contributed by atoms with van der Waals surface area (Å²) in [6.45, 7) is 4.92. The Morgan fingerprint density at radius 1 is 1.18 bits per heavy atom. The van der Waals surface area contributed by atoms with Crippen LogP contribution in [0.3, 0.4) is 0 Å². The van der Waals surface area contributed by atoms with Crippen LogP contribution in [0, 0.1) is 0 Å². The van der Waals surface area contributed by atoms with Crippen LogP contribution in [0.1, 0.15) is 35.1 Å². The quantitative estimate of drug-likeness (QED) is 0.317. The Bertz CT molecular complexity index is 1220. The molecule has 1 atom stereocenters. The zero-order chi connectivity index (χ0) is 24.1. The first kappa shape index (κ1) is 24.3. The number of thioether (sulfide) groups is 1. The zero-order valence-corrected chi connectivity index (χ0v) is 20.6. The van der Waals surface area contributed by atoms with Gasteiger partial charge in [-0.15, -0.1) is 16.8 Å². The molecule has 1 saturated heterocycles. The molecule has 1 aromatic heterocycles. The Morgan fingerprint density at radius 2 is 2.00 bits per heavy atom. The van der Waals surface area contributed by atoms with Gasteiger partial charge in [-0.25, -0.2) is 0 Å². The van der Waals surface area contributed by atoms with Gasteiger partial charge in [0.15, 0.2) is 11.0 Å². The van der Waals surface area contributed by atoms with Crippen LogP contribution in [-0.2, 0) is 11.3 Å². The second-order valence-electron chi connectivity index (χ2n) is 7.72. The normalized spacial score (nSPS) is 15.4. The highest BCUT2D eigenvalue weighted by Crippen LogP contribution is 2.35. The van der Waals surface area contributed by atoms with Gasteiger partial charge in [-0.1, -0.05) is 59.2 Å². The molecule has 7 nitrogen and oxygen atoms in total. The van der Waals surface area contributed by atoms with E-state index in [0.29, 0.717) is 45.4 Å². The molecule has 0 spiro atoms. The van der Waals surface area contributed by atoms with Crippen LogP contribution < -0.4 is 5.32 Å². The number of rotatable bonds is 8. The van der Waals surface area contributed by atoms with Gasteiger partial charge < -0.3 is 14.8 Å². The van der Waals surface area contributed by atoms with E-state index in [-0.39, 0.29) is 23.6 Å². The van der Waals surface area contributed by atoms with Crippen molar-refractivity contribution in [3.63, 3.8) is 0 Å². The van der Waals surface area contributed by atoms with Crippen molar-refractivity contribution in [2.45, 2.75) is 30.6 Å². The van der Waals surface area contributed by atoms with Gasteiger partial charge in [-0.3, -0.25) is 9.59 Å². The summed E-state index contributed by atoms with van der Waals surface area (Å²) in [4.78, 5) is 27.5. The van der Waals surface area contributed by atoms with Crippen LogP contribution in [0.4, 0.5) is 5.69 Å². The molecule has 0 radical (unpaired) electrons. The molecule has 34 heavy (non-hydrogen) atoms. The number of aromatic nitrogens is 3. The number of anilines is 1. The summed E-state index contributed by atoms with van der Waals surface area (Å²) in [5.74, 6) is 0.514. The average Bonchev–Trinajstić information content (AvgIpc) is 3.45. The predicted octanol–water partition coefficient (Wildman–Crippen LogP) is 5.48. The number of likely N-dealkylation sites (tertiary alicyclic amines) is 1. The summed E-state index contributed by atoms with van der Waals surface area (Å²) >= 11 is 13.5. The Kier molecular flexibility index (Phi) is 7.92. The molecule has 0 bridgehead atoms. The van der Waals surface area contributed by atoms with E-state index in [0.717, 1.165) is 12.8 Å². The Balaban J connectivity index is 1.50. The molecule has 2 amide bonds. The molecule has 1 aliphatic heterocycles. The fourth-order valence-electron chi connectivity index (χ4n) is 3.91. The van der Waals surface area contributed by atoms with E-state index in [9.17, 15) is 9.59 Å². The van der Waals surface area contributed by atoms with Crippen molar-refractivity contribution in [1.29, 1.82) is 0 Å². The molecule has 1 aliphatic rings. The van der Waals surface area contributed by atoms with E-state index < -0.39 is 0 Å². The third-order valence-corrected chi connectivity index (χ3v) is 6.95. The first-order valence-electron chi connectivity index (χ1n) is 10.8. The van der Waals surface area contributed by atoms with Gasteiger partial charge in [-0.05, 0) is 43.2 Å². The number of hydrogen-bond acceptors (Lipinski definition) is 5. The van der Waals surface area contributed by atoms with Crippen LogP contribution in [0.2, 0.25) is 10.0 Å². The second-order valence-corrected chi connectivity index (χ2v) is 9.51. The first-order chi connectivity index (χ1) is 16.5. The predicted molar refractivity (Wildman–Crippen MR) is 135 cm³/mol. The zero-order valence-electron chi connectivity index (χ0n) is 18.3. The maximum atomic E-state index is 13.2. The lowest BCUT2D eigenvalue weighted by molar-refractivity contribution is -0.113. The van der Waals surface area contributed by atoms with Gasteiger partial charge in [-0.2, -0.15) is 0 Å². The Morgan fingerprint density at radius 3 is 2.76 bits per heavy atom. The highest BCUT2D eigenvalue weighted by Gasteiger charge is 2.35. The van der Waals surface area contributed by atoms with Crippen molar-refractivity contribution >= 4 is 52.5 Å². The molecule has 0 saturated carbocycles. The lowest BCUT2D eigenvalue weighted by atomic mass is 10.1. The van der Waals surface area contributed by atoms with Gasteiger partial charge in [0.2, 0.25) is 5.91 Å². The summed E-state index contributed by atoms with van der Waals surface area (Å²) in [5.41, 5.74) is 1.10. The first-order valence-corrected chi connectivity index (χ1v) is 12.5.